The van der Waals surface area contributed by atoms with E-state index in [1.54, 1.807) is 0 Å². The van der Waals surface area contributed by atoms with Crippen LogP contribution in [0.5, 0.6) is 0 Å². The van der Waals surface area contributed by atoms with Gasteiger partial charge in [-0.15, -0.1) is 0 Å². The molecule has 0 radical (unpaired) electrons. The Morgan fingerprint density at radius 2 is 1.92 bits per heavy atom. The van der Waals surface area contributed by atoms with E-state index in [1.807, 2.05) is 6.92 Å². The molecule has 0 saturated heterocycles. The molecule has 13 heavy (non-hydrogen) atoms. The van der Waals surface area contributed by atoms with Crippen molar-refractivity contribution in [1.29, 1.82) is 0 Å². The maximum absolute atomic E-state index is 12.0. The molecule has 1 fully saturated rings. The van der Waals surface area contributed by atoms with Crippen LogP contribution in [0.2, 0.25) is 0 Å². The largest absolute Gasteiger partial charge is 0.391 e. The molecular weight excluding hydrogens is 181 g/mol. The lowest BCUT2D eigenvalue weighted by Gasteiger charge is -2.35. The predicted octanol–water partition coefficient (Wildman–Crippen LogP) is 2.94. The van der Waals surface area contributed by atoms with Crippen molar-refractivity contribution in [2.45, 2.75) is 38.8 Å². The Labute approximate surface area is 75.3 Å². The third-order valence-electron chi connectivity index (χ3n) is 2.55. The van der Waals surface area contributed by atoms with Gasteiger partial charge in [-0.05, 0) is 19.3 Å². The molecule has 0 atom stereocenters. The monoisotopic (exact) mass is 194 g/mol. The van der Waals surface area contributed by atoms with Crippen molar-refractivity contribution in [2.24, 2.45) is 11.8 Å². The number of hydrogen-bond donors (Lipinski definition) is 0. The van der Waals surface area contributed by atoms with Gasteiger partial charge in [0.25, 0.3) is 0 Å². The fraction of sp³-hybridized carbons (Fsp3) is 0.889. The van der Waals surface area contributed by atoms with Gasteiger partial charge in [-0.1, -0.05) is 6.92 Å². The highest BCUT2D eigenvalue weighted by molar-refractivity contribution is 5.81. The van der Waals surface area contributed by atoms with Gasteiger partial charge in [-0.2, -0.15) is 13.2 Å². The van der Waals surface area contributed by atoms with Gasteiger partial charge in [0.2, 0.25) is 0 Å². The lowest BCUT2D eigenvalue weighted by atomic mass is 9.71. The van der Waals surface area contributed by atoms with Crippen molar-refractivity contribution >= 4 is 5.78 Å². The Balaban J connectivity index is 2.29. The quantitative estimate of drug-likeness (QED) is 0.675. The molecule has 0 aromatic rings. The van der Waals surface area contributed by atoms with E-state index in [4.69, 9.17) is 0 Å². The van der Waals surface area contributed by atoms with Crippen molar-refractivity contribution in [3.63, 3.8) is 0 Å². The molecule has 1 aliphatic rings. The first-order valence-electron chi connectivity index (χ1n) is 4.54. The molecule has 0 aliphatic heterocycles. The third-order valence-corrected chi connectivity index (χ3v) is 2.55. The van der Waals surface area contributed by atoms with E-state index in [9.17, 15) is 18.0 Å². The highest BCUT2D eigenvalue weighted by Crippen LogP contribution is 2.45. The number of halogens is 3. The molecule has 0 aromatic carbocycles. The summed E-state index contributed by atoms with van der Waals surface area (Å²) in [6.45, 7) is 1.86. The van der Waals surface area contributed by atoms with Crippen molar-refractivity contribution in [2.75, 3.05) is 0 Å². The van der Waals surface area contributed by atoms with Crippen molar-refractivity contribution < 1.29 is 18.0 Å². The minimum atomic E-state index is -4.09. The molecule has 76 valence electrons. The minimum Gasteiger partial charge on any atom is -0.299 e. The van der Waals surface area contributed by atoms with Crippen molar-refractivity contribution in [1.82, 2.24) is 0 Å². The summed E-state index contributed by atoms with van der Waals surface area (Å²) in [5.41, 5.74) is 0. The SMILES string of the molecule is CCCC(=O)C1CC(C(F)(F)F)C1. The molecule has 0 unspecified atom stereocenters. The average molecular weight is 194 g/mol. The Morgan fingerprint density at radius 3 is 2.31 bits per heavy atom. The van der Waals surface area contributed by atoms with E-state index in [0.29, 0.717) is 6.42 Å². The van der Waals surface area contributed by atoms with E-state index < -0.39 is 12.1 Å². The topological polar surface area (TPSA) is 17.1 Å². The lowest BCUT2D eigenvalue weighted by molar-refractivity contribution is -0.204. The highest BCUT2D eigenvalue weighted by atomic mass is 19.4. The van der Waals surface area contributed by atoms with Crippen LogP contribution >= 0.6 is 0 Å². The summed E-state index contributed by atoms with van der Waals surface area (Å²) in [5.74, 6) is -1.53. The molecule has 0 N–H and O–H groups in total. The summed E-state index contributed by atoms with van der Waals surface area (Å²) >= 11 is 0. The first-order chi connectivity index (χ1) is 5.95. The fourth-order valence-electron chi connectivity index (χ4n) is 1.60. The van der Waals surface area contributed by atoms with Gasteiger partial charge in [0.1, 0.15) is 5.78 Å². The normalized spacial score (nSPS) is 28.3. The minimum absolute atomic E-state index is 0.00278. The van der Waals surface area contributed by atoms with E-state index in [-0.39, 0.29) is 24.5 Å². The second-order valence-corrected chi connectivity index (χ2v) is 3.62. The Bertz CT molecular complexity index is 192. The molecule has 4 heteroatoms. The zero-order chi connectivity index (χ0) is 10.1. The van der Waals surface area contributed by atoms with Crippen LogP contribution in [0.25, 0.3) is 0 Å². The highest BCUT2D eigenvalue weighted by Gasteiger charge is 2.49. The Hall–Kier alpha value is -0.540. The summed E-state index contributed by atoms with van der Waals surface area (Å²) < 4.78 is 36.0. The van der Waals surface area contributed by atoms with Crippen molar-refractivity contribution in [3.05, 3.63) is 0 Å². The third kappa shape index (κ3) is 2.45. The molecule has 1 rings (SSSR count). The van der Waals surface area contributed by atoms with Crippen LogP contribution in [-0.4, -0.2) is 12.0 Å². The summed E-state index contributed by atoms with van der Waals surface area (Å²) in [6, 6.07) is 0. The maximum Gasteiger partial charge on any atom is 0.391 e. The van der Waals surface area contributed by atoms with E-state index >= 15 is 0 Å². The molecule has 1 nitrogen and oxygen atoms in total. The number of carbonyl (C=O) groups excluding carboxylic acids is 1. The first kappa shape index (κ1) is 10.5. The van der Waals surface area contributed by atoms with Crippen LogP contribution in [0.1, 0.15) is 32.6 Å². The van der Waals surface area contributed by atoms with Crippen LogP contribution < -0.4 is 0 Å². The summed E-state index contributed by atoms with van der Waals surface area (Å²) in [6.07, 6.45) is -2.91. The van der Waals surface area contributed by atoms with Crippen LogP contribution in [0.4, 0.5) is 13.2 Å². The van der Waals surface area contributed by atoms with Crippen LogP contribution in [-0.2, 0) is 4.79 Å². The number of carbonyl (C=O) groups is 1. The number of Topliss-reactive ketones (excluding diaryl/α,β-unsaturated/α-hetero) is 1. The predicted molar refractivity (Wildman–Crippen MR) is 42.2 cm³/mol. The molecule has 0 spiro atoms. The summed E-state index contributed by atoms with van der Waals surface area (Å²) in [5, 5.41) is 0. The Kier molecular flexibility index (Phi) is 2.98. The zero-order valence-corrected chi connectivity index (χ0v) is 7.53. The van der Waals surface area contributed by atoms with Gasteiger partial charge in [0.15, 0.2) is 0 Å². The van der Waals surface area contributed by atoms with Gasteiger partial charge in [-0.25, -0.2) is 0 Å². The average Bonchev–Trinajstić information content (AvgIpc) is 1.79. The van der Waals surface area contributed by atoms with E-state index in [2.05, 4.69) is 0 Å². The lowest BCUT2D eigenvalue weighted by Crippen LogP contribution is -2.39. The van der Waals surface area contributed by atoms with Crippen LogP contribution in [0, 0.1) is 11.8 Å². The maximum atomic E-state index is 12.0. The Morgan fingerprint density at radius 1 is 1.38 bits per heavy atom. The number of alkyl halides is 3. The van der Waals surface area contributed by atoms with Gasteiger partial charge < -0.3 is 0 Å². The van der Waals surface area contributed by atoms with Gasteiger partial charge in [0.05, 0.1) is 5.92 Å². The summed E-state index contributed by atoms with van der Waals surface area (Å²) in [4.78, 5) is 11.1. The van der Waals surface area contributed by atoms with Gasteiger partial charge >= 0.3 is 6.18 Å². The van der Waals surface area contributed by atoms with E-state index in [1.165, 1.54) is 0 Å². The smallest absolute Gasteiger partial charge is 0.299 e. The number of hydrogen-bond acceptors (Lipinski definition) is 1. The molecule has 0 heterocycles. The van der Waals surface area contributed by atoms with Crippen LogP contribution in [0.15, 0.2) is 0 Å². The zero-order valence-electron chi connectivity index (χ0n) is 7.53. The standard InChI is InChI=1S/C9H13F3O/c1-2-3-8(13)6-4-7(5-6)9(10,11)12/h6-7H,2-5H2,1H3. The number of ketones is 1. The molecule has 0 bridgehead atoms. The molecule has 1 aliphatic carbocycles. The second kappa shape index (κ2) is 3.68. The van der Waals surface area contributed by atoms with Gasteiger partial charge in [-0.3, -0.25) is 4.79 Å². The molecule has 0 amide bonds. The molecule has 0 aromatic heterocycles. The van der Waals surface area contributed by atoms with Crippen molar-refractivity contribution in [3.8, 4) is 0 Å². The van der Waals surface area contributed by atoms with Crippen LogP contribution in [0.3, 0.4) is 0 Å². The summed E-state index contributed by atoms with van der Waals surface area (Å²) in [7, 11) is 0. The first-order valence-corrected chi connectivity index (χ1v) is 4.54. The molecule has 1 saturated carbocycles. The second-order valence-electron chi connectivity index (χ2n) is 3.62. The van der Waals surface area contributed by atoms with E-state index in [0.717, 1.165) is 6.42 Å². The molecular formula is C9H13F3O. The van der Waals surface area contributed by atoms with Gasteiger partial charge in [0, 0.05) is 12.3 Å². The fourth-order valence-corrected chi connectivity index (χ4v) is 1.60. The number of rotatable bonds is 3.